The van der Waals surface area contributed by atoms with Crippen LogP contribution in [-0.4, -0.2) is 29.7 Å². The summed E-state index contributed by atoms with van der Waals surface area (Å²) < 4.78 is 0. The van der Waals surface area contributed by atoms with Gasteiger partial charge in [-0.3, -0.25) is 4.90 Å². The highest BCUT2D eigenvalue weighted by molar-refractivity contribution is 7.10. The first-order valence-corrected chi connectivity index (χ1v) is 7.60. The first kappa shape index (κ1) is 13.6. The fourth-order valence-electron chi connectivity index (χ4n) is 2.26. The molecular weight excluding hydrogens is 242 g/mol. The monoisotopic (exact) mass is 263 g/mol. The average Bonchev–Trinajstić information content (AvgIpc) is 2.76. The molecule has 0 spiro atoms. The zero-order valence-corrected chi connectivity index (χ0v) is 11.8. The van der Waals surface area contributed by atoms with E-state index < -0.39 is 0 Å². The standard InChI is InChI=1S/C15H21NOS/c1-2-16(11-13-5-3-6-13)12-15-14(7-4-9-17)8-10-18-15/h8,10,13,17H,2-3,5-6,9,11-12H2,1H3. The fourth-order valence-corrected chi connectivity index (χ4v) is 3.13. The lowest BCUT2D eigenvalue weighted by atomic mass is 9.85. The van der Waals surface area contributed by atoms with Gasteiger partial charge in [0.05, 0.1) is 0 Å². The molecule has 0 amide bonds. The predicted molar refractivity (Wildman–Crippen MR) is 76.6 cm³/mol. The Kier molecular flexibility index (Phi) is 5.25. The lowest BCUT2D eigenvalue weighted by Gasteiger charge is -2.31. The maximum absolute atomic E-state index is 8.76. The second-order valence-electron chi connectivity index (χ2n) is 4.84. The molecule has 1 fully saturated rings. The van der Waals surface area contributed by atoms with Gasteiger partial charge in [0.15, 0.2) is 0 Å². The van der Waals surface area contributed by atoms with Gasteiger partial charge in [0.2, 0.25) is 0 Å². The Hall–Kier alpha value is -0.820. The highest BCUT2D eigenvalue weighted by Crippen LogP contribution is 2.28. The van der Waals surface area contributed by atoms with Gasteiger partial charge in [0.1, 0.15) is 6.61 Å². The van der Waals surface area contributed by atoms with Crippen molar-refractivity contribution < 1.29 is 5.11 Å². The molecule has 2 rings (SSSR count). The van der Waals surface area contributed by atoms with E-state index in [-0.39, 0.29) is 6.61 Å². The minimum absolute atomic E-state index is 0.0607. The zero-order chi connectivity index (χ0) is 12.8. The summed E-state index contributed by atoms with van der Waals surface area (Å²) in [7, 11) is 0. The molecule has 0 aliphatic heterocycles. The molecule has 2 nitrogen and oxygen atoms in total. The number of nitrogens with zero attached hydrogens (tertiary/aromatic N) is 1. The molecule has 1 saturated carbocycles. The minimum Gasteiger partial charge on any atom is -0.384 e. The molecule has 1 N–H and O–H groups in total. The summed E-state index contributed by atoms with van der Waals surface area (Å²) in [6.07, 6.45) is 4.21. The van der Waals surface area contributed by atoms with E-state index in [9.17, 15) is 0 Å². The smallest absolute Gasteiger partial charge is 0.104 e. The summed E-state index contributed by atoms with van der Waals surface area (Å²) in [5, 5.41) is 10.9. The van der Waals surface area contributed by atoms with Crippen LogP contribution in [0.25, 0.3) is 0 Å². The molecule has 1 heterocycles. The molecule has 98 valence electrons. The van der Waals surface area contributed by atoms with Gasteiger partial charge in [-0.25, -0.2) is 0 Å². The Labute approximate surface area is 114 Å². The lowest BCUT2D eigenvalue weighted by molar-refractivity contribution is 0.179. The summed E-state index contributed by atoms with van der Waals surface area (Å²) in [4.78, 5) is 3.84. The first-order valence-electron chi connectivity index (χ1n) is 6.72. The number of thiophene rings is 1. The van der Waals surface area contributed by atoms with Gasteiger partial charge in [-0.15, -0.1) is 11.3 Å². The van der Waals surface area contributed by atoms with E-state index >= 15 is 0 Å². The maximum atomic E-state index is 8.76. The second-order valence-corrected chi connectivity index (χ2v) is 5.84. The van der Waals surface area contributed by atoms with Crippen LogP contribution in [0.15, 0.2) is 11.4 Å². The number of hydrogen-bond acceptors (Lipinski definition) is 3. The van der Waals surface area contributed by atoms with Crippen molar-refractivity contribution in [3.63, 3.8) is 0 Å². The van der Waals surface area contributed by atoms with E-state index in [1.807, 2.05) is 0 Å². The molecule has 0 saturated heterocycles. The van der Waals surface area contributed by atoms with Gasteiger partial charge >= 0.3 is 0 Å². The van der Waals surface area contributed by atoms with E-state index in [0.717, 1.165) is 24.6 Å². The van der Waals surface area contributed by atoms with Crippen molar-refractivity contribution in [2.45, 2.75) is 32.7 Å². The molecule has 0 radical (unpaired) electrons. The molecule has 3 heteroatoms. The Bertz CT molecular complexity index is 425. The molecule has 18 heavy (non-hydrogen) atoms. The Morgan fingerprint density at radius 3 is 2.94 bits per heavy atom. The van der Waals surface area contributed by atoms with E-state index in [0.29, 0.717) is 0 Å². The summed E-state index contributed by atoms with van der Waals surface area (Å²) in [6.45, 7) is 5.49. The van der Waals surface area contributed by atoms with Crippen molar-refractivity contribution in [1.29, 1.82) is 0 Å². The molecule has 0 atom stereocenters. The molecule has 1 aromatic rings. The van der Waals surface area contributed by atoms with Gasteiger partial charge < -0.3 is 5.11 Å². The van der Waals surface area contributed by atoms with E-state index in [1.165, 1.54) is 30.7 Å². The van der Waals surface area contributed by atoms with E-state index in [2.05, 4.69) is 35.1 Å². The van der Waals surface area contributed by atoms with E-state index in [1.54, 1.807) is 11.3 Å². The van der Waals surface area contributed by atoms with Crippen molar-refractivity contribution in [2.24, 2.45) is 5.92 Å². The van der Waals surface area contributed by atoms with Crippen LogP contribution in [0.3, 0.4) is 0 Å². The van der Waals surface area contributed by atoms with Crippen LogP contribution in [0, 0.1) is 17.8 Å². The maximum Gasteiger partial charge on any atom is 0.104 e. The number of aliphatic hydroxyl groups is 1. The van der Waals surface area contributed by atoms with Gasteiger partial charge in [0, 0.05) is 23.5 Å². The summed E-state index contributed by atoms with van der Waals surface area (Å²) in [6, 6.07) is 2.06. The van der Waals surface area contributed by atoms with Gasteiger partial charge in [0.25, 0.3) is 0 Å². The van der Waals surface area contributed by atoms with Crippen LogP contribution >= 0.6 is 11.3 Å². The third-order valence-electron chi connectivity index (χ3n) is 3.60. The molecule has 1 aliphatic rings. The van der Waals surface area contributed by atoms with Crippen LogP contribution < -0.4 is 0 Å². The normalized spacial score (nSPS) is 15.3. The number of aliphatic hydroxyl groups excluding tert-OH is 1. The van der Waals surface area contributed by atoms with Crippen LogP contribution in [0.4, 0.5) is 0 Å². The summed E-state index contributed by atoms with van der Waals surface area (Å²) in [5.74, 6) is 6.69. The zero-order valence-electron chi connectivity index (χ0n) is 11.0. The molecule has 1 aromatic heterocycles. The van der Waals surface area contributed by atoms with Crippen molar-refractivity contribution >= 4 is 11.3 Å². The highest BCUT2D eigenvalue weighted by atomic mass is 32.1. The molecule has 1 aliphatic carbocycles. The van der Waals surface area contributed by atoms with Crippen molar-refractivity contribution in [1.82, 2.24) is 4.90 Å². The van der Waals surface area contributed by atoms with Crippen LogP contribution in [0.2, 0.25) is 0 Å². The Morgan fingerprint density at radius 1 is 1.50 bits per heavy atom. The SMILES string of the molecule is CCN(Cc1sccc1C#CCO)CC1CCC1. The van der Waals surface area contributed by atoms with Crippen molar-refractivity contribution in [2.75, 3.05) is 19.7 Å². The third-order valence-corrected chi connectivity index (χ3v) is 4.51. The molecular formula is C15H21NOS. The average molecular weight is 263 g/mol. The summed E-state index contributed by atoms with van der Waals surface area (Å²) >= 11 is 1.77. The second kappa shape index (κ2) is 6.94. The van der Waals surface area contributed by atoms with Gasteiger partial charge in [-0.05, 0) is 36.8 Å². The first-order chi connectivity index (χ1) is 8.83. The van der Waals surface area contributed by atoms with Gasteiger partial charge in [-0.1, -0.05) is 25.2 Å². The van der Waals surface area contributed by atoms with Crippen molar-refractivity contribution in [3.05, 3.63) is 21.9 Å². The quantitative estimate of drug-likeness (QED) is 0.826. The fraction of sp³-hybridized carbons (Fsp3) is 0.600. The topological polar surface area (TPSA) is 23.5 Å². The molecule has 0 unspecified atom stereocenters. The van der Waals surface area contributed by atoms with E-state index in [4.69, 9.17) is 5.11 Å². The Morgan fingerprint density at radius 2 is 2.33 bits per heavy atom. The largest absolute Gasteiger partial charge is 0.384 e. The number of hydrogen-bond donors (Lipinski definition) is 1. The highest BCUT2D eigenvalue weighted by Gasteiger charge is 2.20. The Balaban J connectivity index is 1.95. The van der Waals surface area contributed by atoms with Gasteiger partial charge in [-0.2, -0.15) is 0 Å². The predicted octanol–water partition coefficient (Wildman–Crippen LogP) is 2.71. The van der Waals surface area contributed by atoms with Crippen molar-refractivity contribution in [3.8, 4) is 11.8 Å². The minimum atomic E-state index is -0.0607. The number of rotatable bonds is 5. The summed E-state index contributed by atoms with van der Waals surface area (Å²) in [5.41, 5.74) is 1.08. The lowest BCUT2D eigenvalue weighted by Crippen LogP contribution is -2.31. The third kappa shape index (κ3) is 3.58. The molecule has 0 aromatic carbocycles. The molecule has 0 bridgehead atoms. The van der Waals surface area contributed by atoms with Crippen LogP contribution in [0.5, 0.6) is 0 Å². The van der Waals surface area contributed by atoms with Crippen LogP contribution in [0.1, 0.15) is 36.6 Å². The van der Waals surface area contributed by atoms with Crippen LogP contribution in [-0.2, 0) is 6.54 Å².